The second-order valence-electron chi connectivity index (χ2n) is 13.2. The van der Waals surface area contributed by atoms with Crippen LogP contribution in [0.4, 0.5) is 0 Å². The lowest BCUT2D eigenvalue weighted by atomic mass is 9.56. The molecule has 0 bridgehead atoms. The summed E-state index contributed by atoms with van der Waals surface area (Å²) in [5.41, 5.74) is 2.39. The van der Waals surface area contributed by atoms with E-state index < -0.39 is 59.6 Å². The zero-order valence-corrected chi connectivity index (χ0v) is 31.0. The fourth-order valence-corrected chi connectivity index (χ4v) is 7.08. The Morgan fingerprint density at radius 3 is 1.80 bits per heavy atom. The molecule has 1 fully saturated rings. The van der Waals surface area contributed by atoms with E-state index in [2.05, 4.69) is 5.32 Å². The molecule has 0 saturated heterocycles. The highest BCUT2D eigenvalue weighted by atomic mass is 35.5. The lowest BCUT2D eigenvalue weighted by Gasteiger charge is -2.45. The number of hydrogen-bond acceptors (Lipinski definition) is 8. The highest BCUT2D eigenvalue weighted by molar-refractivity contribution is 6.42. The zero-order valence-electron chi connectivity index (χ0n) is 29.4. The van der Waals surface area contributed by atoms with Crippen LogP contribution >= 0.6 is 23.2 Å². The van der Waals surface area contributed by atoms with Gasteiger partial charge in [-0.3, -0.25) is 19.2 Å². The highest BCUT2D eigenvalue weighted by Gasteiger charge is 2.64. The molecule has 0 unspecified atom stereocenters. The Balaban J connectivity index is 1.17. The van der Waals surface area contributed by atoms with Crippen molar-refractivity contribution in [3.63, 3.8) is 0 Å². The molecule has 0 radical (unpaired) electrons. The van der Waals surface area contributed by atoms with Gasteiger partial charge in [-0.05, 0) is 51.7 Å². The average molecular weight is 783 g/mol. The lowest BCUT2D eigenvalue weighted by Crippen LogP contribution is -2.62. The molecule has 282 valence electrons. The van der Waals surface area contributed by atoms with Gasteiger partial charge in [0, 0.05) is 19.4 Å². The summed E-state index contributed by atoms with van der Waals surface area (Å²) >= 11 is 12.4. The number of nitrogens with one attached hydrogen (secondary N) is 1. The van der Waals surface area contributed by atoms with E-state index in [-0.39, 0.29) is 32.6 Å². The van der Waals surface area contributed by atoms with Crippen LogP contribution in [0, 0.1) is 23.7 Å². The van der Waals surface area contributed by atoms with Gasteiger partial charge in [0.1, 0.15) is 19.3 Å². The van der Waals surface area contributed by atoms with Gasteiger partial charge in [0.15, 0.2) is 0 Å². The molecule has 0 aromatic heterocycles. The van der Waals surface area contributed by atoms with E-state index in [1.807, 2.05) is 30.3 Å². The van der Waals surface area contributed by atoms with Gasteiger partial charge < -0.3 is 24.6 Å². The first-order chi connectivity index (χ1) is 26.6. The van der Waals surface area contributed by atoms with Crippen molar-refractivity contribution < 1.29 is 43.3 Å². The molecule has 5 atom stereocenters. The summed E-state index contributed by atoms with van der Waals surface area (Å²) in [6, 6.07) is 35.4. The van der Waals surface area contributed by atoms with Crippen molar-refractivity contribution >= 4 is 63.8 Å². The molecule has 55 heavy (non-hydrogen) atoms. The van der Waals surface area contributed by atoms with Crippen LogP contribution in [0.5, 0.6) is 0 Å². The van der Waals surface area contributed by atoms with E-state index in [0.717, 1.165) is 16.3 Å². The number of ether oxygens (including phenoxy) is 3. The summed E-state index contributed by atoms with van der Waals surface area (Å²) < 4.78 is 16.9. The Kier molecular flexibility index (Phi) is 12.8. The molecule has 0 aliphatic heterocycles. The fraction of sp³-hybridized carbons (Fsp3) is 0.233. The number of benzene rings is 5. The van der Waals surface area contributed by atoms with Crippen molar-refractivity contribution in [2.75, 3.05) is 6.54 Å². The maximum atomic E-state index is 13.8. The van der Waals surface area contributed by atoms with E-state index in [1.54, 1.807) is 91.0 Å². The van der Waals surface area contributed by atoms with Crippen LogP contribution in [0.3, 0.4) is 0 Å². The third kappa shape index (κ3) is 9.70. The first-order valence-corrected chi connectivity index (χ1v) is 18.4. The van der Waals surface area contributed by atoms with Gasteiger partial charge >= 0.3 is 23.9 Å². The van der Waals surface area contributed by atoms with Crippen molar-refractivity contribution in [1.29, 1.82) is 0 Å². The number of aliphatic carboxylic acids is 1. The maximum absolute atomic E-state index is 13.8. The number of halogens is 2. The predicted octanol–water partition coefficient (Wildman–Crippen LogP) is 7.47. The number of hydrogen-bond donors (Lipinski definition) is 2. The van der Waals surface area contributed by atoms with Crippen LogP contribution in [0.25, 0.3) is 10.8 Å². The number of rotatable bonds is 15. The van der Waals surface area contributed by atoms with Gasteiger partial charge in [-0.25, -0.2) is 4.79 Å². The Morgan fingerprint density at radius 2 is 1.20 bits per heavy atom. The maximum Gasteiger partial charge on any atom is 0.338 e. The second kappa shape index (κ2) is 18.1. The predicted molar refractivity (Wildman–Crippen MR) is 205 cm³/mol. The molecule has 0 spiro atoms. The molecule has 1 amide bonds. The first-order valence-electron chi connectivity index (χ1n) is 17.6. The van der Waals surface area contributed by atoms with Gasteiger partial charge in [-0.1, -0.05) is 120 Å². The largest absolute Gasteiger partial charge is 0.481 e. The minimum absolute atomic E-state index is 0.0619. The molecule has 2 N–H and O–H groups in total. The van der Waals surface area contributed by atoms with Crippen LogP contribution in [0.15, 0.2) is 121 Å². The molecule has 5 aromatic rings. The molecular weight excluding hydrogens is 745 g/mol. The van der Waals surface area contributed by atoms with Crippen molar-refractivity contribution in [1.82, 2.24) is 5.32 Å². The number of carbonyl (C=O) groups is 5. The van der Waals surface area contributed by atoms with Gasteiger partial charge in [0.2, 0.25) is 5.91 Å². The summed E-state index contributed by atoms with van der Waals surface area (Å²) in [4.78, 5) is 66.7. The van der Waals surface area contributed by atoms with Crippen molar-refractivity contribution in [3.05, 3.63) is 154 Å². The fourth-order valence-electron chi connectivity index (χ4n) is 6.76. The summed E-state index contributed by atoms with van der Waals surface area (Å²) in [7, 11) is 0. The summed E-state index contributed by atoms with van der Waals surface area (Å²) in [6.07, 6.45) is -0.432. The van der Waals surface area contributed by atoms with Crippen LogP contribution in [-0.2, 0) is 53.0 Å². The van der Waals surface area contributed by atoms with Gasteiger partial charge in [-0.15, -0.1) is 0 Å². The second-order valence-corrected chi connectivity index (χ2v) is 14.1. The molecule has 1 aliphatic carbocycles. The Hall–Kier alpha value is -5.71. The van der Waals surface area contributed by atoms with Gasteiger partial charge in [0.05, 0.1) is 39.3 Å². The number of fused-ring (bicyclic) bond motifs is 1. The molecule has 5 aromatic carbocycles. The Morgan fingerprint density at radius 1 is 0.618 bits per heavy atom. The molecule has 12 heteroatoms. The Bertz CT molecular complexity index is 2180. The minimum Gasteiger partial charge on any atom is -0.481 e. The number of carbonyl (C=O) groups excluding carboxylic acids is 4. The number of amides is 1. The minimum atomic E-state index is -1.56. The monoisotopic (exact) mass is 781 g/mol. The number of esters is 3. The van der Waals surface area contributed by atoms with Crippen LogP contribution < -0.4 is 5.32 Å². The van der Waals surface area contributed by atoms with Crippen molar-refractivity contribution in [2.24, 2.45) is 23.7 Å². The highest BCUT2D eigenvalue weighted by Crippen LogP contribution is 2.48. The van der Waals surface area contributed by atoms with E-state index in [1.165, 1.54) is 0 Å². The third-order valence-electron chi connectivity index (χ3n) is 9.60. The molecule has 0 heterocycles. The van der Waals surface area contributed by atoms with Gasteiger partial charge in [0.25, 0.3) is 0 Å². The van der Waals surface area contributed by atoms with Crippen LogP contribution in [0.2, 0.25) is 10.0 Å². The molecular formula is C43H37Cl2NO9. The smallest absolute Gasteiger partial charge is 0.338 e. The topological polar surface area (TPSA) is 145 Å². The molecule has 10 nitrogen and oxygen atoms in total. The third-order valence-corrected chi connectivity index (χ3v) is 10.3. The van der Waals surface area contributed by atoms with Crippen molar-refractivity contribution in [3.8, 4) is 0 Å². The average Bonchev–Trinajstić information content (AvgIpc) is 3.17. The van der Waals surface area contributed by atoms with Crippen molar-refractivity contribution in [2.45, 2.75) is 32.2 Å². The number of carboxylic acids is 1. The summed E-state index contributed by atoms with van der Waals surface area (Å²) in [5, 5.41) is 15.4. The van der Waals surface area contributed by atoms with Crippen LogP contribution in [-0.4, -0.2) is 47.5 Å². The normalized spacial score (nSPS) is 18.0. The van der Waals surface area contributed by atoms with E-state index in [0.29, 0.717) is 26.7 Å². The van der Waals surface area contributed by atoms with Gasteiger partial charge in [-0.2, -0.15) is 0 Å². The standard InChI is InChI=1S/C43H37Cl2NO9/c44-33-18-15-28(22-34(33)45)21-32(55-41(50)31-17-16-29-13-7-8-14-30(29)23-31)19-20-46-39(47)35-36(40(48)49)38(43(52)54-25-27-11-5-2-6-12-27)37(35)42(51)53-24-26-9-3-1-4-10-26/h1-18,22-23,32,35-38H,19-21,24-25H2,(H,46,47)(H,48,49)/t32-,35-,36-,37-,38-/m0/s1. The summed E-state index contributed by atoms with van der Waals surface area (Å²) in [5.74, 6) is -10.5. The molecule has 1 aliphatic rings. The van der Waals surface area contributed by atoms with E-state index in [9.17, 15) is 29.1 Å². The van der Waals surface area contributed by atoms with Crippen LogP contribution in [0.1, 0.15) is 33.5 Å². The van der Waals surface area contributed by atoms with E-state index in [4.69, 9.17) is 37.4 Å². The summed E-state index contributed by atoms with van der Waals surface area (Å²) in [6.45, 7) is -0.357. The van der Waals surface area contributed by atoms with E-state index >= 15 is 0 Å². The first kappa shape index (κ1) is 39.0. The quantitative estimate of drug-likeness (QED) is 0.0816. The molecule has 1 saturated carbocycles. The molecule has 6 rings (SSSR count). The zero-order chi connectivity index (χ0) is 38.9. The SMILES string of the molecule is O=C(O[C@@H](CCNC(=O)[C@H]1[C@H](C(=O)O)[C@H](C(=O)OCc2ccccc2)[C@H]1C(=O)OCc1ccccc1)Cc1ccc(Cl)c(Cl)c1)c1ccc2ccccc2c1. The number of carboxylic acid groups (broad SMARTS) is 1. The Labute approximate surface area is 327 Å². The lowest BCUT2D eigenvalue weighted by molar-refractivity contribution is -0.193.